The van der Waals surface area contributed by atoms with Crippen LogP contribution in [0.1, 0.15) is 5.56 Å². The zero-order valence-corrected chi connectivity index (χ0v) is 9.83. The van der Waals surface area contributed by atoms with Gasteiger partial charge in [-0.2, -0.15) is 0 Å². The Balaban J connectivity index is 2.00. The van der Waals surface area contributed by atoms with Crippen molar-refractivity contribution in [1.29, 1.82) is 0 Å². The number of hydrogen-bond acceptors (Lipinski definition) is 3. The van der Waals surface area contributed by atoms with Crippen molar-refractivity contribution in [2.45, 2.75) is 6.54 Å². The number of aliphatic hydroxyl groups excluding tert-OH is 1. The molecule has 2 aromatic rings. The van der Waals surface area contributed by atoms with E-state index in [9.17, 15) is 0 Å². The minimum Gasteiger partial charge on any atom is -0.395 e. The van der Waals surface area contributed by atoms with Crippen molar-refractivity contribution < 1.29 is 5.11 Å². The first-order valence-electron chi connectivity index (χ1n) is 5.34. The van der Waals surface area contributed by atoms with Crippen molar-refractivity contribution >= 4 is 11.3 Å². The zero-order valence-electron chi connectivity index (χ0n) is 9.02. The first kappa shape index (κ1) is 11.3. The van der Waals surface area contributed by atoms with Gasteiger partial charge in [-0.3, -0.25) is 0 Å². The van der Waals surface area contributed by atoms with E-state index < -0.39 is 0 Å². The third kappa shape index (κ3) is 2.92. The van der Waals surface area contributed by atoms with E-state index in [-0.39, 0.29) is 6.61 Å². The maximum atomic E-state index is 8.65. The quantitative estimate of drug-likeness (QED) is 0.778. The average molecular weight is 233 g/mol. The lowest BCUT2D eigenvalue weighted by molar-refractivity contribution is 0.292. The maximum absolute atomic E-state index is 8.65. The van der Waals surface area contributed by atoms with Crippen LogP contribution in [0.5, 0.6) is 0 Å². The van der Waals surface area contributed by atoms with Crippen LogP contribution in [0.4, 0.5) is 0 Å². The van der Waals surface area contributed by atoms with E-state index in [1.54, 1.807) is 11.3 Å². The molecule has 0 aliphatic carbocycles. The highest BCUT2D eigenvalue weighted by atomic mass is 32.1. The summed E-state index contributed by atoms with van der Waals surface area (Å²) in [5.74, 6) is 0. The summed E-state index contributed by atoms with van der Waals surface area (Å²) in [6.07, 6.45) is 0. The molecule has 0 atom stereocenters. The lowest BCUT2D eigenvalue weighted by Gasteiger charge is -2.04. The Morgan fingerprint density at radius 1 is 1.12 bits per heavy atom. The van der Waals surface area contributed by atoms with Crippen molar-refractivity contribution in [3.8, 4) is 10.4 Å². The molecule has 2 N–H and O–H groups in total. The van der Waals surface area contributed by atoms with Crippen molar-refractivity contribution in [1.82, 2.24) is 5.32 Å². The molecule has 0 amide bonds. The highest BCUT2D eigenvalue weighted by Gasteiger charge is 1.98. The molecule has 0 bridgehead atoms. The van der Waals surface area contributed by atoms with Crippen LogP contribution in [0.3, 0.4) is 0 Å². The second-order valence-electron chi connectivity index (χ2n) is 3.57. The molecule has 84 valence electrons. The normalized spacial score (nSPS) is 10.6. The fourth-order valence-electron chi connectivity index (χ4n) is 1.54. The van der Waals surface area contributed by atoms with Gasteiger partial charge in [-0.05, 0) is 22.6 Å². The van der Waals surface area contributed by atoms with E-state index in [1.165, 1.54) is 16.0 Å². The van der Waals surface area contributed by atoms with E-state index in [0.717, 1.165) is 6.54 Å². The Bertz CT molecular complexity index is 408. The second-order valence-corrected chi connectivity index (χ2v) is 4.52. The predicted octanol–water partition coefficient (Wildman–Crippen LogP) is 2.50. The van der Waals surface area contributed by atoms with Crippen molar-refractivity contribution in [2.24, 2.45) is 0 Å². The monoisotopic (exact) mass is 233 g/mol. The molecular formula is C13H15NOS. The van der Waals surface area contributed by atoms with Gasteiger partial charge in [0, 0.05) is 18.0 Å². The van der Waals surface area contributed by atoms with E-state index in [0.29, 0.717) is 6.54 Å². The number of thiophene rings is 1. The van der Waals surface area contributed by atoms with Gasteiger partial charge in [-0.1, -0.05) is 30.3 Å². The molecule has 1 heterocycles. The highest BCUT2D eigenvalue weighted by Crippen LogP contribution is 2.24. The lowest BCUT2D eigenvalue weighted by Crippen LogP contribution is -2.17. The Morgan fingerprint density at radius 3 is 2.56 bits per heavy atom. The molecule has 1 aromatic heterocycles. The SMILES string of the molecule is OCCNCc1ccc(-c2cccs2)cc1. The third-order valence-corrected chi connectivity index (χ3v) is 3.30. The molecule has 0 aliphatic rings. The fraction of sp³-hybridized carbons (Fsp3) is 0.231. The summed E-state index contributed by atoms with van der Waals surface area (Å²) in [5, 5.41) is 13.9. The molecule has 0 fully saturated rings. The van der Waals surface area contributed by atoms with E-state index in [4.69, 9.17) is 5.11 Å². The average Bonchev–Trinajstić information content (AvgIpc) is 2.84. The van der Waals surface area contributed by atoms with Crippen LogP contribution in [0.25, 0.3) is 10.4 Å². The minimum absolute atomic E-state index is 0.188. The van der Waals surface area contributed by atoms with Gasteiger partial charge in [0.15, 0.2) is 0 Å². The van der Waals surface area contributed by atoms with Crippen LogP contribution in [0.2, 0.25) is 0 Å². The maximum Gasteiger partial charge on any atom is 0.0556 e. The largest absolute Gasteiger partial charge is 0.395 e. The second kappa shape index (κ2) is 5.80. The first-order valence-corrected chi connectivity index (χ1v) is 6.22. The van der Waals surface area contributed by atoms with E-state index >= 15 is 0 Å². The molecule has 2 nitrogen and oxygen atoms in total. The lowest BCUT2D eigenvalue weighted by atomic mass is 10.1. The number of aliphatic hydroxyl groups is 1. The van der Waals surface area contributed by atoms with Gasteiger partial charge in [-0.25, -0.2) is 0 Å². The number of hydrogen-bond donors (Lipinski definition) is 2. The third-order valence-electron chi connectivity index (χ3n) is 2.38. The van der Waals surface area contributed by atoms with E-state index in [2.05, 4.69) is 47.1 Å². The van der Waals surface area contributed by atoms with E-state index in [1.807, 2.05) is 0 Å². The zero-order chi connectivity index (χ0) is 11.2. The molecule has 16 heavy (non-hydrogen) atoms. The van der Waals surface area contributed by atoms with Gasteiger partial charge < -0.3 is 10.4 Å². The van der Waals surface area contributed by atoms with Gasteiger partial charge in [0.05, 0.1) is 6.61 Å². The van der Waals surface area contributed by atoms with Crippen LogP contribution >= 0.6 is 11.3 Å². The van der Waals surface area contributed by atoms with Crippen LogP contribution in [-0.4, -0.2) is 18.3 Å². The molecule has 1 aromatic carbocycles. The Morgan fingerprint density at radius 2 is 1.94 bits per heavy atom. The standard InChI is InChI=1S/C13H15NOS/c15-8-7-14-10-11-3-5-12(6-4-11)13-2-1-9-16-13/h1-6,9,14-15H,7-8,10H2. The van der Waals surface area contributed by atoms with Gasteiger partial charge in [0.2, 0.25) is 0 Å². The summed E-state index contributed by atoms with van der Waals surface area (Å²) >= 11 is 1.75. The molecular weight excluding hydrogens is 218 g/mol. The van der Waals surface area contributed by atoms with Crippen molar-refractivity contribution in [3.63, 3.8) is 0 Å². The number of benzene rings is 1. The summed E-state index contributed by atoms with van der Waals surface area (Å²) in [4.78, 5) is 1.30. The fourth-order valence-corrected chi connectivity index (χ4v) is 2.27. The van der Waals surface area contributed by atoms with Crippen molar-refractivity contribution in [2.75, 3.05) is 13.2 Å². The molecule has 0 spiro atoms. The van der Waals surface area contributed by atoms with Crippen molar-refractivity contribution in [3.05, 3.63) is 47.3 Å². The van der Waals surface area contributed by atoms with Gasteiger partial charge in [0.25, 0.3) is 0 Å². The summed E-state index contributed by atoms with van der Waals surface area (Å²) in [6.45, 7) is 1.64. The molecule has 2 rings (SSSR count). The Labute approximate surface area is 99.6 Å². The van der Waals surface area contributed by atoms with Crippen LogP contribution < -0.4 is 5.32 Å². The summed E-state index contributed by atoms with van der Waals surface area (Å²) in [7, 11) is 0. The highest BCUT2D eigenvalue weighted by molar-refractivity contribution is 7.13. The summed E-state index contributed by atoms with van der Waals surface area (Å²) in [5.41, 5.74) is 2.51. The smallest absolute Gasteiger partial charge is 0.0556 e. The molecule has 0 unspecified atom stereocenters. The van der Waals surface area contributed by atoms with Gasteiger partial charge in [0.1, 0.15) is 0 Å². The number of nitrogens with one attached hydrogen (secondary N) is 1. The van der Waals surface area contributed by atoms with Crippen LogP contribution in [0, 0.1) is 0 Å². The first-order chi connectivity index (χ1) is 7.90. The Kier molecular flexibility index (Phi) is 4.10. The van der Waals surface area contributed by atoms with Gasteiger partial charge in [-0.15, -0.1) is 11.3 Å². The molecule has 0 radical (unpaired) electrons. The summed E-state index contributed by atoms with van der Waals surface area (Å²) < 4.78 is 0. The topological polar surface area (TPSA) is 32.3 Å². The minimum atomic E-state index is 0.188. The molecule has 0 saturated carbocycles. The molecule has 0 saturated heterocycles. The van der Waals surface area contributed by atoms with Crippen LogP contribution in [-0.2, 0) is 6.54 Å². The predicted molar refractivity (Wildman–Crippen MR) is 68.5 cm³/mol. The Hall–Kier alpha value is -1.16. The molecule has 3 heteroatoms. The number of rotatable bonds is 5. The van der Waals surface area contributed by atoms with Gasteiger partial charge >= 0.3 is 0 Å². The van der Waals surface area contributed by atoms with Crippen LogP contribution in [0.15, 0.2) is 41.8 Å². The molecule has 0 aliphatic heterocycles. The summed E-state index contributed by atoms with van der Waals surface area (Å²) in [6, 6.07) is 12.7.